The van der Waals surface area contributed by atoms with E-state index in [0.717, 1.165) is 0 Å². The van der Waals surface area contributed by atoms with Crippen LogP contribution in [0.1, 0.15) is 31.2 Å². The van der Waals surface area contributed by atoms with Gasteiger partial charge in [-0.25, -0.2) is 4.79 Å². The van der Waals surface area contributed by atoms with Crippen LogP contribution in [0.4, 0.5) is 4.79 Å². The molecule has 136 valence electrons. The lowest BCUT2D eigenvalue weighted by molar-refractivity contribution is -0.138. The first kappa shape index (κ1) is 17.7. The van der Waals surface area contributed by atoms with Crippen LogP contribution < -0.4 is 0 Å². The fourth-order valence-corrected chi connectivity index (χ4v) is 3.69. The number of carbonyl (C=O) groups excluding carboxylic acids is 2. The highest BCUT2D eigenvalue weighted by Crippen LogP contribution is 2.34. The Morgan fingerprint density at radius 2 is 1.96 bits per heavy atom. The number of methoxy groups -OCH3 is 1. The fraction of sp³-hybridized carbons (Fsp3) is 0.579. The molecule has 0 saturated carbocycles. The Bertz CT molecular complexity index is 611. The lowest BCUT2D eigenvalue weighted by Gasteiger charge is -2.37. The van der Waals surface area contributed by atoms with Crippen molar-refractivity contribution in [2.75, 3.05) is 39.9 Å². The summed E-state index contributed by atoms with van der Waals surface area (Å²) in [5.41, 5.74) is 0.772. The topological polar surface area (TPSA) is 59.1 Å². The van der Waals surface area contributed by atoms with Crippen LogP contribution in [0.2, 0.25) is 0 Å². The number of carbonyl (C=O) groups is 2. The minimum Gasteiger partial charge on any atom is -0.441 e. The van der Waals surface area contributed by atoms with Gasteiger partial charge in [-0.15, -0.1) is 0 Å². The molecule has 2 amide bonds. The Labute approximate surface area is 148 Å². The molecule has 2 aliphatic heterocycles. The van der Waals surface area contributed by atoms with Crippen molar-refractivity contribution in [1.29, 1.82) is 0 Å². The minimum absolute atomic E-state index is 0.00349. The van der Waals surface area contributed by atoms with Crippen LogP contribution in [0.15, 0.2) is 30.3 Å². The quantitative estimate of drug-likeness (QED) is 0.820. The Kier molecular flexibility index (Phi) is 5.27. The molecule has 3 rings (SSSR count). The number of nitrogens with zero attached hydrogens (tertiary/aromatic N) is 2. The Balaban J connectivity index is 1.57. The highest BCUT2D eigenvalue weighted by molar-refractivity contribution is 5.77. The first-order valence-electron chi connectivity index (χ1n) is 8.82. The molecule has 6 heteroatoms. The van der Waals surface area contributed by atoms with E-state index in [-0.39, 0.29) is 24.5 Å². The third kappa shape index (κ3) is 3.95. The van der Waals surface area contributed by atoms with Crippen molar-refractivity contribution in [1.82, 2.24) is 9.80 Å². The maximum absolute atomic E-state index is 12.3. The van der Waals surface area contributed by atoms with Gasteiger partial charge >= 0.3 is 6.09 Å². The molecule has 2 saturated heterocycles. The zero-order chi connectivity index (χ0) is 17.9. The van der Waals surface area contributed by atoms with E-state index in [4.69, 9.17) is 9.47 Å². The summed E-state index contributed by atoms with van der Waals surface area (Å²) in [6, 6.07) is 10.2. The molecule has 2 fully saturated rings. The summed E-state index contributed by atoms with van der Waals surface area (Å²) in [7, 11) is 1.52. The van der Waals surface area contributed by atoms with Gasteiger partial charge in [0.2, 0.25) is 5.91 Å². The second-order valence-corrected chi connectivity index (χ2v) is 7.06. The van der Waals surface area contributed by atoms with Crippen molar-refractivity contribution < 1.29 is 19.1 Å². The van der Waals surface area contributed by atoms with E-state index in [1.807, 2.05) is 23.1 Å². The molecule has 0 aromatic heterocycles. The molecule has 1 unspecified atom stereocenters. The maximum Gasteiger partial charge on any atom is 0.410 e. The molecule has 2 heterocycles. The van der Waals surface area contributed by atoms with E-state index >= 15 is 0 Å². The molecular weight excluding hydrogens is 320 g/mol. The van der Waals surface area contributed by atoms with Gasteiger partial charge < -0.3 is 19.3 Å². The number of ether oxygens (including phenoxy) is 2. The number of hydrogen-bond acceptors (Lipinski definition) is 4. The third-order valence-corrected chi connectivity index (χ3v) is 5.20. The lowest BCUT2D eigenvalue weighted by atomic mass is 9.91. The molecule has 1 spiro atoms. The van der Waals surface area contributed by atoms with Crippen LogP contribution in [-0.4, -0.2) is 67.3 Å². The number of piperidine rings is 1. The van der Waals surface area contributed by atoms with Gasteiger partial charge in [0, 0.05) is 39.6 Å². The normalized spacial score (nSPS) is 20.6. The van der Waals surface area contributed by atoms with Crippen molar-refractivity contribution in [2.45, 2.75) is 31.3 Å². The predicted octanol–water partition coefficient (Wildman–Crippen LogP) is 2.25. The zero-order valence-electron chi connectivity index (χ0n) is 14.9. The van der Waals surface area contributed by atoms with Crippen LogP contribution in [0.5, 0.6) is 0 Å². The highest BCUT2D eigenvalue weighted by Gasteiger charge is 2.47. The van der Waals surface area contributed by atoms with E-state index in [2.05, 4.69) is 19.1 Å². The Morgan fingerprint density at radius 3 is 2.60 bits per heavy atom. The zero-order valence-corrected chi connectivity index (χ0v) is 14.9. The lowest BCUT2D eigenvalue weighted by Crippen LogP contribution is -2.49. The summed E-state index contributed by atoms with van der Waals surface area (Å²) in [5, 5.41) is 0. The average Bonchev–Trinajstić information content (AvgIpc) is 2.91. The summed E-state index contributed by atoms with van der Waals surface area (Å²) in [6.45, 7) is 4.70. The molecule has 0 radical (unpaired) electrons. The van der Waals surface area contributed by atoms with E-state index < -0.39 is 5.60 Å². The second kappa shape index (κ2) is 7.44. The van der Waals surface area contributed by atoms with Crippen LogP contribution in [0, 0.1) is 0 Å². The second-order valence-electron chi connectivity index (χ2n) is 7.06. The van der Waals surface area contributed by atoms with Gasteiger partial charge in [0.15, 0.2) is 0 Å². The molecular formula is C19H26N2O4. The molecule has 0 bridgehead atoms. The summed E-state index contributed by atoms with van der Waals surface area (Å²) in [4.78, 5) is 27.9. The van der Waals surface area contributed by atoms with Gasteiger partial charge in [0.25, 0.3) is 0 Å². The van der Waals surface area contributed by atoms with Gasteiger partial charge in [0.05, 0.1) is 6.54 Å². The molecule has 6 nitrogen and oxygen atoms in total. The number of amides is 2. The Morgan fingerprint density at radius 1 is 1.28 bits per heavy atom. The van der Waals surface area contributed by atoms with Gasteiger partial charge in [0.1, 0.15) is 12.2 Å². The summed E-state index contributed by atoms with van der Waals surface area (Å²) < 4.78 is 10.7. The van der Waals surface area contributed by atoms with Crippen molar-refractivity contribution in [2.24, 2.45) is 0 Å². The van der Waals surface area contributed by atoms with Gasteiger partial charge in [-0.1, -0.05) is 37.3 Å². The van der Waals surface area contributed by atoms with Gasteiger partial charge in [-0.3, -0.25) is 4.79 Å². The molecule has 25 heavy (non-hydrogen) atoms. The molecule has 2 aliphatic rings. The predicted molar refractivity (Wildman–Crippen MR) is 93.3 cm³/mol. The number of likely N-dealkylation sites (tertiary alicyclic amines) is 1. The Hall–Kier alpha value is -2.08. The van der Waals surface area contributed by atoms with Crippen molar-refractivity contribution in [3.63, 3.8) is 0 Å². The third-order valence-electron chi connectivity index (χ3n) is 5.20. The molecule has 0 aliphatic carbocycles. The minimum atomic E-state index is -0.447. The first-order chi connectivity index (χ1) is 12.0. The monoisotopic (exact) mass is 346 g/mol. The smallest absolute Gasteiger partial charge is 0.410 e. The van der Waals surface area contributed by atoms with Gasteiger partial charge in [-0.05, 0) is 11.5 Å². The fourth-order valence-electron chi connectivity index (χ4n) is 3.69. The standard InChI is InChI=1S/C19H26N2O4/c1-15(16-6-4-3-5-7-16)12-21-14-19(25-18(21)23)8-10-20(11-9-19)17(22)13-24-2/h3-7,15H,8-14H2,1-2H3. The van der Waals surface area contributed by atoms with Crippen LogP contribution in [-0.2, 0) is 14.3 Å². The van der Waals surface area contributed by atoms with E-state index in [9.17, 15) is 9.59 Å². The van der Waals surface area contributed by atoms with Crippen LogP contribution >= 0.6 is 0 Å². The molecule has 0 N–H and O–H groups in total. The van der Waals surface area contributed by atoms with Crippen molar-refractivity contribution in [3.05, 3.63) is 35.9 Å². The number of rotatable bonds is 5. The van der Waals surface area contributed by atoms with Crippen LogP contribution in [0.25, 0.3) is 0 Å². The first-order valence-corrected chi connectivity index (χ1v) is 8.82. The largest absolute Gasteiger partial charge is 0.441 e. The van der Waals surface area contributed by atoms with Crippen molar-refractivity contribution in [3.8, 4) is 0 Å². The van der Waals surface area contributed by atoms with Crippen molar-refractivity contribution >= 4 is 12.0 Å². The maximum atomic E-state index is 12.3. The van der Waals surface area contributed by atoms with E-state index in [1.165, 1.54) is 12.7 Å². The van der Waals surface area contributed by atoms with E-state index in [0.29, 0.717) is 39.0 Å². The molecule has 1 atom stereocenters. The summed E-state index contributed by atoms with van der Waals surface area (Å²) in [5.74, 6) is 0.253. The van der Waals surface area contributed by atoms with Gasteiger partial charge in [-0.2, -0.15) is 0 Å². The number of benzene rings is 1. The SMILES string of the molecule is COCC(=O)N1CCC2(CC1)CN(CC(C)c1ccccc1)C(=O)O2. The van der Waals surface area contributed by atoms with E-state index in [1.54, 1.807) is 4.90 Å². The average molecular weight is 346 g/mol. The summed E-state index contributed by atoms with van der Waals surface area (Å²) in [6.07, 6.45) is 1.13. The highest BCUT2D eigenvalue weighted by atomic mass is 16.6. The summed E-state index contributed by atoms with van der Waals surface area (Å²) >= 11 is 0. The van der Waals surface area contributed by atoms with Crippen LogP contribution in [0.3, 0.4) is 0 Å². The number of hydrogen-bond donors (Lipinski definition) is 0. The molecule has 1 aromatic rings. The molecule has 1 aromatic carbocycles.